The normalized spacial score (nSPS) is 11.9. The summed E-state index contributed by atoms with van der Waals surface area (Å²) in [5, 5.41) is 4.55. The Kier molecular flexibility index (Phi) is 6.03. The largest absolute Gasteiger partial charge is 0.368 e. The van der Waals surface area contributed by atoms with Crippen molar-refractivity contribution in [1.82, 2.24) is 19.7 Å². The highest BCUT2D eigenvalue weighted by Crippen LogP contribution is 2.31. The Labute approximate surface area is 182 Å². The van der Waals surface area contributed by atoms with Crippen LogP contribution in [0.4, 0.5) is 4.39 Å². The number of primary amides is 1. The van der Waals surface area contributed by atoms with Crippen molar-refractivity contribution in [3.8, 4) is 10.6 Å². The van der Waals surface area contributed by atoms with E-state index in [1.54, 1.807) is 27.8 Å². The fourth-order valence-corrected chi connectivity index (χ4v) is 4.48. The lowest BCUT2D eigenvalue weighted by atomic mass is 10.0. The van der Waals surface area contributed by atoms with Crippen LogP contribution in [0, 0.1) is 26.6 Å². The Balaban J connectivity index is 2.05. The van der Waals surface area contributed by atoms with E-state index in [4.69, 9.17) is 5.73 Å². The van der Waals surface area contributed by atoms with Gasteiger partial charge in [-0.25, -0.2) is 14.1 Å². The Hall–Kier alpha value is -3.40. The Morgan fingerprint density at radius 2 is 1.90 bits per heavy atom. The second-order valence-corrected chi connectivity index (χ2v) is 8.22. The van der Waals surface area contributed by atoms with Crippen molar-refractivity contribution in [2.75, 3.05) is 7.05 Å². The van der Waals surface area contributed by atoms with Crippen molar-refractivity contribution >= 4 is 23.2 Å². The van der Waals surface area contributed by atoms with E-state index in [9.17, 15) is 18.8 Å². The number of aryl methyl sites for hydroxylation is 3. The van der Waals surface area contributed by atoms with Crippen LogP contribution in [0.3, 0.4) is 0 Å². The maximum Gasteiger partial charge on any atom is 0.277 e. The molecule has 162 valence electrons. The number of hydrogen-bond donors (Lipinski definition) is 1. The first-order chi connectivity index (χ1) is 14.5. The van der Waals surface area contributed by atoms with E-state index in [2.05, 4.69) is 10.1 Å². The van der Waals surface area contributed by atoms with Crippen molar-refractivity contribution in [1.29, 1.82) is 0 Å². The van der Waals surface area contributed by atoms with Gasteiger partial charge < -0.3 is 10.6 Å². The molecule has 1 unspecified atom stereocenters. The zero-order valence-corrected chi connectivity index (χ0v) is 18.6. The lowest BCUT2D eigenvalue weighted by molar-refractivity contribution is -0.122. The maximum absolute atomic E-state index is 13.7. The topological polar surface area (TPSA) is 111 Å². The van der Waals surface area contributed by atoms with E-state index in [1.165, 1.54) is 29.9 Å². The zero-order valence-electron chi connectivity index (χ0n) is 17.8. The summed E-state index contributed by atoms with van der Waals surface area (Å²) in [5.41, 5.74) is 7.61. The van der Waals surface area contributed by atoms with Gasteiger partial charge in [-0.1, -0.05) is 12.1 Å². The van der Waals surface area contributed by atoms with Gasteiger partial charge in [0.05, 0.1) is 17.0 Å². The van der Waals surface area contributed by atoms with Gasteiger partial charge in [0.25, 0.3) is 11.5 Å². The molecule has 0 fully saturated rings. The number of halogens is 1. The second-order valence-electron chi connectivity index (χ2n) is 7.22. The van der Waals surface area contributed by atoms with Crippen molar-refractivity contribution in [2.24, 2.45) is 12.8 Å². The van der Waals surface area contributed by atoms with Crippen LogP contribution >= 0.6 is 11.3 Å². The highest BCUT2D eigenvalue weighted by molar-refractivity contribution is 7.17. The van der Waals surface area contributed by atoms with Gasteiger partial charge in [0.2, 0.25) is 5.91 Å². The van der Waals surface area contributed by atoms with Gasteiger partial charge in [0, 0.05) is 14.1 Å². The van der Waals surface area contributed by atoms with Crippen LogP contribution in [0.2, 0.25) is 0 Å². The molecule has 0 spiro atoms. The Bertz CT molecular complexity index is 1250. The molecule has 8 nitrogen and oxygen atoms in total. The second kappa shape index (κ2) is 8.38. The standard InChI is InChI=1S/C21H22FN5O3S/c1-10-11(2)25-27(5)20(29)15(10)19-24-12(3)17(31-19)21(30)26(4)16(18(23)28)13-7-6-8-14(22)9-13/h6-9,16H,1-5H3,(H2,23,28). The quantitative estimate of drug-likeness (QED) is 0.650. The van der Waals surface area contributed by atoms with Gasteiger partial charge in [-0.2, -0.15) is 5.10 Å². The summed E-state index contributed by atoms with van der Waals surface area (Å²) >= 11 is 1.05. The highest BCUT2D eigenvalue weighted by atomic mass is 32.1. The number of likely N-dealkylation sites (N-methyl/N-ethyl adjacent to an activating group) is 1. The van der Waals surface area contributed by atoms with Crippen molar-refractivity contribution in [3.05, 3.63) is 67.8 Å². The predicted octanol–water partition coefficient (Wildman–Crippen LogP) is 2.27. The zero-order chi connectivity index (χ0) is 23.0. The van der Waals surface area contributed by atoms with Gasteiger partial charge in [0.1, 0.15) is 21.7 Å². The molecule has 1 atom stereocenters. The fourth-order valence-electron chi connectivity index (χ4n) is 3.34. The molecule has 10 heteroatoms. The van der Waals surface area contributed by atoms with Crippen molar-refractivity contribution in [3.63, 3.8) is 0 Å². The van der Waals surface area contributed by atoms with Crippen LogP contribution < -0.4 is 11.3 Å². The molecule has 2 amide bonds. The molecule has 0 aliphatic carbocycles. The minimum Gasteiger partial charge on any atom is -0.368 e. The first-order valence-corrected chi connectivity index (χ1v) is 10.2. The van der Waals surface area contributed by atoms with Crippen LogP contribution in [0.15, 0.2) is 29.1 Å². The van der Waals surface area contributed by atoms with E-state index in [-0.39, 0.29) is 16.0 Å². The number of hydrogen-bond acceptors (Lipinski definition) is 6. The molecular weight excluding hydrogens is 421 g/mol. The number of carbonyl (C=O) groups is 2. The summed E-state index contributed by atoms with van der Waals surface area (Å²) in [7, 11) is 2.97. The third-order valence-corrected chi connectivity index (χ3v) is 6.23. The predicted molar refractivity (Wildman–Crippen MR) is 115 cm³/mol. The van der Waals surface area contributed by atoms with E-state index in [1.807, 2.05) is 0 Å². The average Bonchev–Trinajstić information content (AvgIpc) is 3.07. The average molecular weight is 444 g/mol. The monoisotopic (exact) mass is 443 g/mol. The molecule has 2 N–H and O–H groups in total. The Morgan fingerprint density at radius 1 is 1.23 bits per heavy atom. The van der Waals surface area contributed by atoms with E-state index < -0.39 is 23.7 Å². The molecule has 2 heterocycles. The molecule has 0 saturated heterocycles. The first kappa shape index (κ1) is 22.3. The van der Waals surface area contributed by atoms with E-state index >= 15 is 0 Å². The number of carbonyl (C=O) groups excluding carboxylic acids is 2. The number of benzene rings is 1. The van der Waals surface area contributed by atoms with E-state index in [0.29, 0.717) is 27.5 Å². The van der Waals surface area contributed by atoms with Gasteiger partial charge in [-0.15, -0.1) is 11.3 Å². The molecule has 0 aliphatic heterocycles. The molecule has 0 saturated carbocycles. The van der Waals surface area contributed by atoms with Crippen molar-refractivity contribution in [2.45, 2.75) is 26.8 Å². The lowest BCUT2D eigenvalue weighted by Crippen LogP contribution is -2.39. The minimum absolute atomic E-state index is 0.260. The Morgan fingerprint density at radius 3 is 2.52 bits per heavy atom. The van der Waals surface area contributed by atoms with Gasteiger partial charge >= 0.3 is 0 Å². The molecule has 3 aromatic rings. The number of amides is 2. The number of nitrogens with zero attached hydrogens (tertiary/aromatic N) is 4. The molecule has 0 bridgehead atoms. The van der Waals surface area contributed by atoms with Gasteiger partial charge in [-0.05, 0) is 44.0 Å². The number of thiazole rings is 1. The number of aromatic nitrogens is 3. The highest BCUT2D eigenvalue weighted by Gasteiger charge is 2.30. The van der Waals surface area contributed by atoms with Crippen LogP contribution in [-0.4, -0.2) is 38.5 Å². The van der Waals surface area contributed by atoms with Crippen molar-refractivity contribution < 1.29 is 14.0 Å². The molecule has 3 rings (SSSR count). The maximum atomic E-state index is 13.7. The fraction of sp³-hybridized carbons (Fsp3) is 0.286. The first-order valence-electron chi connectivity index (χ1n) is 9.37. The summed E-state index contributed by atoms with van der Waals surface area (Å²) in [6.45, 7) is 5.21. The summed E-state index contributed by atoms with van der Waals surface area (Å²) < 4.78 is 14.9. The van der Waals surface area contributed by atoms with Crippen LogP contribution in [0.1, 0.15) is 38.2 Å². The van der Waals surface area contributed by atoms with E-state index in [0.717, 1.165) is 22.3 Å². The van der Waals surface area contributed by atoms with Crippen LogP contribution in [-0.2, 0) is 11.8 Å². The molecule has 31 heavy (non-hydrogen) atoms. The minimum atomic E-state index is -1.16. The number of rotatable bonds is 5. The van der Waals surface area contributed by atoms with Crippen LogP contribution in [0.5, 0.6) is 0 Å². The molecule has 1 aromatic carbocycles. The molecule has 0 radical (unpaired) electrons. The van der Waals surface area contributed by atoms with Gasteiger partial charge in [-0.3, -0.25) is 14.4 Å². The summed E-state index contributed by atoms with van der Waals surface area (Å²) in [5.74, 6) is -1.84. The smallest absolute Gasteiger partial charge is 0.277 e. The van der Waals surface area contributed by atoms with Crippen LogP contribution in [0.25, 0.3) is 10.6 Å². The summed E-state index contributed by atoms with van der Waals surface area (Å²) in [6, 6.07) is 4.21. The summed E-state index contributed by atoms with van der Waals surface area (Å²) in [6.07, 6.45) is 0. The summed E-state index contributed by atoms with van der Waals surface area (Å²) in [4.78, 5) is 43.8. The lowest BCUT2D eigenvalue weighted by Gasteiger charge is -2.25. The molecule has 2 aromatic heterocycles. The number of nitrogens with two attached hydrogens (primary N) is 1. The SMILES string of the molecule is Cc1nc(-c2c(C)c(C)nn(C)c2=O)sc1C(=O)N(C)C(C(N)=O)c1cccc(F)c1. The molecule has 0 aliphatic rings. The molecular formula is C21H22FN5O3S. The third kappa shape index (κ3) is 4.11. The third-order valence-electron chi connectivity index (χ3n) is 5.07. The van der Waals surface area contributed by atoms with Gasteiger partial charge in [0.15, 0.2) is 0 Å².